The first-order valence-electron chi connectivity index (χ1n) is 7.23. The first-order valence-corrected chi connectivity index (χ1v) is 7.23. The number of carbonyl (C=O) groups excluding carboxylic acids is 1. The summed E-state index contributed by atoms with van der Waals surface area (Å²) < 4.78 is 0. The van der Waals surface area contributed by atoms with Gasteiger partial charge in [-0.05, 0) is 38.5 Å². The lowest BCUT2D eigenvalue weighted by molar-refractivity contribution is -0.131. The van der Waals surface area contributed by atoms with Crippen LogP contribution in [0.5, 0.6) is 0 Å². The van der Waals surface area contributed by atoms with Crippen molar-refractivity contribution in [3.05, 3.63) is 12.2 Å². The Morgan fingerprint density at radius 1 is 1.00 bits per heavy atom. The summed E-state index contributed by atoms with van der Waals surface area (Å²) in [6.45, 7) is 11.9. The molecule has 0 spiro atoms. The molecular weight excluding hydrogens is 224 g/mol. The third-order valence-corrected chi connectivity index (χ3v) is 4.67. The van der Waals surface area contributed by atoms with Crippen LogP contribution < -0.4 is 0 Å². The van der Waals surface area contributed by atoms with Gasteiger partial charge < -0.3 is 4.90 Å². The van der Waals surface area contributed by atoms with E-state index < -0.39 is 0 Å². The number of carbonyl (C=O) groups is 1. The van der Waals surface area contributed by atoms with E-state index in [0.717, 1.165) is 38.1 Å². The van der Waals surface area contributed by atoms with Gasteiger partial charge in [0.15, 0.2) is 0 Å². The molecule has 1 heterocycles. The largest absolute Gasteiger partial charge is 0.340 e. The molecule has 2 fully saturated rings. The van der Waals surface area contributed by atoms with Gasteiger partial charge in [0, 0.05) is 39.1 Å². The third kappa shape index (κ3) is 3.14. The van der Waals surface area contributed by atoms with Crippen molar-refractivity contribution in [1.29, 1.82) is 0 Å². The van der Waals surface area contributed by atoms with Gasteiger partial charge in [-0.25, -0.2) is 0 Å². The molecule has 0 bridgehead atoms. The fraction of sp³-hybridized carbons (Fsp3) is 0.800. The molecule has 1 aliphatic carbocycles. The lowest BCUT2D eigenvalue weighted by atomic mass is 9.82. The smallest absolute Gasteiger partial charge is 0.219 e. The fourth-order valence-corrected chi connectivity index (χ4v) is 3.34. The van der Waals surface area contributed by atoms with E-state index in [9.17, 15) is 4.79 Å². The minimum Gasteiger partial charge on any atom is -0.340 e. The van der Waals surface area contributed by atoms with Gasteiger partial charge >= 0.3 is 0 Å². The molecule has 0 aromatic rings. The van der Waals surface area contributed by atoms with E-state index in [4.69, 9.17) is 0 Å². The van der Waals surface area contributed by atoms with E-state index in [1.807, 2.05) is 4.90 Å². The number of amides is 1. The summed E-state index contributed by atoms with van der Waals surface area (Å²) in [5, 5.41) is 0. The minimum atomic E-state index is 0.223. The summed E-state index contributed by atoms with van der Waals surface area (Å²) in [5.41, 5.74) is 1.36. The summed E-state index contributed by atoms with van der Waals surface area (Å²) in [6.07, 6.45) is 5.20. The number of piperazine rings is 1. The van der Waals surface area contributed by atoms with Crippen LogP contribution in [0.1, 0.15) is 39.5 Å². The Kier molecular flexibility index (Phi) is 4.44. The van der Waals surface area contributed by atoms with Crippen molar-refractivity contribution < 1.29 is 4.79 Å². The average Bonchev–Trinajstić information content (AvgIpc) is 2.39. The van der Waals surface area contributed by atoms with Gasteiger partial charge in [-0.2, -0.15) is 0 Å². The van der Waals surface area contributed by atoms with Crippen LogP contribution in [0.25, 0.3) is 0 Å². The average molecular weight is 250 g/mol. The van der Waals surface area contributed by atoms with E-state index in [1.54, 1.807) is 6.92 Å². The highest BCUT2D eigenvalue weighted by molar-refractivity contribution is 5.73. The van der Waals surface area contributed by atoms with Gasteiger partial charge in [0.25, 0.3) is 0 Å². The van der Waals surface area contributed by atoms with Crippen LogP contribution in [0.15, 0.2) is 12.2 Å². The van der Waals surface area contributed by atoms with Crippen LogP contribution >= 0.6 is 0 Å². The zero-order chi connectivity index (χ0) is 13.1. The molecule has 0 unspecified atom stereocenters. The van der Waals surface area contributed by atoms with E-state index in [2.05, 4.69) is 18.4 Å². The van der Waals surface area contributed by atoms with E-state index in [1.165, 1.54) is 31.3 Å². The number of nitrogens with zero attached hydrogens (tertiary/aromatic N) is 2. The maximum Gasteiger partial charge on any atom is 0.219 e. The molecule has 0 radical (unpaired) electrons. The first-order chi connectivity index (χ1) is 8.58. The first kappa shape index (κ1) is 13.6. The molecule has 0 aromatic carbocycles. The molecule has 2 rings (SSSR count). The maximum absolute atomic E-state index is 11.3. The Labute approximate surface area is 111 Å². The predicted molar refractivity (Wildman–Crippen MR) is 74.4 cm³/mol. The van der Waals surface area contributed by atoms with Gasteiger partial charge in [-0.15, -0.1) is 0 Å². The van der Waals surface area contributed by atoms with Crippen molar-refractivity contribution in [2.45, 2.75) is 45.6 Å². The second kappa shape index (κ2) is 5.87. The van der Waals surface area contributed by atoms with Gasteiger partial charge in [0.2, 0.25) is 5.91 Å². The highest BCUT2D eigenvalue weighted by atomic mass is 16.2. The zero-order valence-corrected chi connectivity index (χ0v) is 11.8. The van der Waals surface area contributed by atoms with E-state index >= 15 is 0 Å². The lowest BCUT2D eigenvalue weighted by Gasteiger charge is -2.41. The summed E-state index contributed by atoms with van der Waals surface area (Å²) in [4.78, 5) is 15.9. The van der Waals surface area contributed by atoms with Crippen molar-refractivity contribution in [2.24, 2.45) is 5.92 Å². The quantitative estimate of drug-likeness (QED) is 0.702. The highest BCUT2D eigenvalue weighted by Crippen LogP contribution is 2.31. The Hall–Kier alpha value is -0.830. The normalized spacial score (nSPS) is 30.2. The number of hydrogen-bond acceptors (Lipinski definition) is 2. The standard InChI is InChI=1S/C15H26N2O/c1-12(2)14-4-6-15(7-5-14)17-10-8-16(9-11-17)13(3)18/h14-15H,1,4-11H2,2-3H3. The van der Waals surface area contributed by atoms with Crippen LogP contribution in [-0.4, -0.2) is 47.9 Å². The molecule has 3 nitrogen and oxygen atoms in total. The van der Waals surface area contributed by atoms with Crippen LogP contribution in [0.4, 0.5) is 0 Å². The molecule has 0 atom stereocenters. The van der Waals surface area contributed by atoms with E-state index in [-0.39, 0.29) is 5.91 Å². The molecule has 1 saturated carbocycles. The second-order valence-electron chi connectivity index (χ2n) is 5.89. The van der Waals surface area contributed by atoms with Crippen LogP contribution in [0.3, 0.4) is 0 Å². The molecule has 3 heteroatoms. The predicted octanol–water partition coefficient (Wildman–Crippen LogP) is 2.29. The van der Waals surface area contributed by atoms with Crippen LogP contribution in [0, 0.1) is 5.92 Å². The van der Waals surface area contributed by atoms with Crippen molar-refractivity contribution in [1.82, 2.24) is 9.80 Å². The van der Waals surface area contributed by atoms with Crippen molar-refractivity contribution >= 4 is 5.91 Å². The topological polar surface area (TPSA) is 23.6 Å². The Morgan fingerprint density at radius 3 is 2.00 bits per heavy atom. The molecule has 2 aliphatic rings. The van der Waals surface area contributed by atoms with Crippen LogP contribution in [0.2, 0.25) is 0 Å². The third-order valence-electron chi connectivity index (χ3n) is 4.67. The molecular formula is C15H26N2O. The number of hydrogen-bond donors (Lipinski definition) is 0. The van der Waals surface area contributed by atoms with Gasteiger partial charge in [-0.1, -0.05) is 12.2 Å². The molecule has 18 heavy (non-hydrogen) atoms. The fourth-order valence-electron chi connectivity index (χ4n) is 3.34. The van der Waals surface area contributed by atoms with Crippen molar-refractivity contribution in [2.75, 3.05) is 26.2 Å². The summed E-state index contributed by atoms with van der Waals surface area (Å²) in [5.74, 6) is 0.973. The second-order valence-corrected chi connectivity index (χ2v) is 5.89. The summed E-state index contributed by atoms with van der Waals surface area (Å²) in [7, 11) is 0. The zero-order valence-electron chi connectivity index (χ0n) is 11.8. The Balaban J connectivity index is 1.78. The molecule has 1 saturated heterocycles. The molecule has 1 amide bonds. The van der Waals surface area contributed by atoms with Gasteiger partial charge in [0.1, 0.15) is 0 Å². The lowest BCUT2D eigenvalue weighted by Crippen LogP contribution is -2.52. The molecule has 0 aromatic heterocycles. The maximum atomic E-state index is 11.3. The van der Waals surface area contributed by atoms with Crippen LogP contribution in [-0.2, 0) is 4.79 Å². The van der Waals surface area contributed by atoms with Gasteiger partial charge in [0.05, 0.1) is 0 Å². The summed E-state index contributed by atoms with van der Waals surface area (Å²) in [6, 6.07) is 0.745. The molecule has 0 N–H and O–H groups in total. The SMILES string of the molecule is C=C(C)C1CCC(N2CCN(C(C)=O)CC2)CC1. The monoisotopic (exact) mass is 250 g/mol. The number of rotatable bonds is 2. The minimum absolute atomic E-state index is 0.223. The van der Waals surface area contributed by atoms with Gasteiger partial charge in [-0.3, -0.25) is 9.69 Å². The number of allylic oxidation sites excluding steroid dienone is 1. The van der Waals surface area contributed by atoms with Crippen molar-refractivity contribution in [3.8, 4) is 0 Å². The Morgan fingerprint density at radius 2 is 1.56 bits per heavy atom. The molecule has 1 aliphatic heterocycles. The summed E-state index contributed by atoms with van der Waals surface area (Å²) >= 11 is 0. The van der Waals surface area contributed by atoms with Crippen molar-refractivity contribution in [3.63, 3.8) is 0 Å². The highest BCUT2D eigenvalue weighted by Gasteiger charge is 2.28. The Bertz CT molecular complexity index is 278. The van der Waals surface area contributed by atoms with E-state index in [0.29, 0.717) is 0 Å². The molecule has 102 valence electrons.